The summed E-state index contributed by atoms with van der Waals surface area (Å²) < 4.78 is 5.46. The molecule has 0 saturated heterocycles. The maximum Gasteiger partial charge on any atom is 0.0725 e. The second-order valence-electron chi connectivity index (χ2n) is 4.98. The summed E-state index contributed by atoms with van der Waals surface area (Å²) in [6, 6.07) is 14.8. The van der Waals surface area contributed by atoms with Crippen LogP contribution in [0, 0.1) is 6.92 Å². The molecular weight excluding hydrogens is 236 g/mol. The van der Waals surface area contributed by atoms with Gasteiger partial charge in [-0.15, -0.1) is 0 Å². The molecule has 19 heavy (non-hydrogen) atoms. The second kappa shape index (κ2) is 5.13. The van der Waals surface area contributed by atoms with Crippen LogP contribution in [-0.4, -0.2) is 0 Å². The standard InChI is InChI=1S/C16H18N2O/c1-11-4-2-3-5-15(11)16(18-17)12-6-7-13-9-19-10-14(13)8-12/h2-8,16,18H,9-10,17H2,1H3. The number of hydrazine groups is 1. The van der Waals surface area contributed by atoms with Gasteiger partial charge in [0.05, 0.1) is 19.3 Å². The highest BCUT2D eigenvalue weighted by Gasteiger charge is 2.18. The van der Waals surface area contributed by atoms with E-state index in [0.29, 0.717) is 6.61 Å². The minimum absolute atomic E-state index is 0.0205. The van der Waals surface area contributed by atoms with E-state index < -0.39 is 0 Å². The van der Waals surface area contributed by atoms with Crippen molar-refractivity contribution in [1.29, 1.82) is 0 Å². The summed E-state index contributed by atoms with van der Waals surface area (Å²) >= 11 is 0. The Morgan fingerprint density at radius 1 is 1.11 bits per heavy atom. The fourth-order valence-corrected chi connectivity index (χ4v) is 2.65. The van der Waals surface area contributed by atoms with Crippen molar-refractivity contribution in [3.05, 3.63) is 70.3 Å². The summed E-state index contributed by atoms with van der Waals surface area (Å²) in [5.41, 5.74) is 9.11. The molecule has 2 aromatic carbocycles. The third-order valence-corrected chi connectivity index (χ3v) is 3.74. The molecule has 1 atom stereocenters. The number of nitrogens with two attached hydrogens (primary N) is 1. The number of benzene rings is 2. The van der Waals surface area contributed by atoms with Crippen molar-refractivity contribution >= 4 is 0 Å². The van der Waals surface area contributed by atoms with Crippen LogP contribution in [0.4, 0.5) is 0 Å². The summed E-state index contributed by atoms with van der Waals surface area (Å²) in [6.45, 7) is 3.53. The summed E-state index contributed by atoms with van der Waals surface area (Å²) in [6.07, 6.45) is 0. The molecule has 0 amide bonds. The van der Waals surface area contributed by atoms with Crippen LogP contribution in [0.5, 0.6) is 0 Å². The lowest BCUT2D eigenvalue weighted by Crippen LogP contribution is -2.29. The molecule has 0 aliphatic carbocycles. The van der Waals surface area contributed by atoms with Gasteiger partial charge in [-0.3, -0.25) is 5.84 Å². The topological polar surface area (TPSA) is 47.3 Å². The van der Waals surface area contributed by atoms with Crippen LogP contribution < -0.4 is 11.3 Å². The maximum atomic E-state index is 5.77. The van der Waals surface area contributed by atoms with E-state index in [9.17, 15) is 0 Å². The fraction of sp³-hybridized carbons (Fsp3) is 0.250. The molecule has 1 aliphatic heterocycles. The molecular formula is C16H18N2O. The predicted molar refractivity (Wildman–Crippen MR) is 75.3 cm³/mol. The first kappa shape index (κ1) is 12.4. The van der Waals surface area contributed by atoms with Gasteiger partial charge in [0.15, 0.2) is 0 Å². The van der Waals surface area contributed by atoms with E-state index in [1.807, 2.05) is 12.1 Å². The Morgan fingerprint density at radius 3 is 2.68 bits per heavy atom. The van der Waals surface area contributed by atoms with Crippen LogP contribution >= 0.6 is 0 Å². The van der Waals surface area contributed by atoms with Gasteiger partial charge in [-0.1, -0.05) is 42.5 Å². The average molecular weight is 254 g/mol. The Balaban J connectivity index is 2.01. The van der Waals surface area contributed by atoms with Crippen molar-refractivity contribution in [3.63, 3.8) is 0 Å². The molecule has 1 aliphatic rings. The van der Waals surface area contributed by atoms with E-state index >= 15 is 0 Å². The number of ether oxygens (including phenoxy) is 1. The SMILES string of the molecule is Cc1ccccc1C(NN)c1ccc2c(c1)COC2. The van der Waals surface area contributed by atoms with Crippen LogP contribution in [0.1, 0.15) is 33.9 Å². The summed E-state index contributed by atoms with van der Waals surface area (Å²) in [5.74, 6) is 5.77. The van der Waals surface area contributed by atoms with Gasteiger partial charge in [-0.25, -0.2) is 5.43 Å². The van der Waals surface area contributed by atoms with Crippen molar-refractivity contribution in [2.24, 2.45) is 5.84 Å². The zero-order valence-electron chi connectivity index (χ0n) is 11.0. The summed E-state index contributed by atoms with van der Waals surface area (Å²) in [7, 11) is 0. The third-order valence-electron chi connectivity index (χ3n) is 3.74. The Hall–Kier alpha value is -1.68. The maximum absolute atomic E-state index is 5.77. The highest BCUT2D eigenvalue weighted by Crippen LogP contribution is 2.28. The molecule has 0 aromatic heterocycles. The van der Waals surface area contributed by atoms with Gasteiger partial charge in [0.1, 0.15) is 0 Å². The van der Waals surface area contributed by atoms with E-state index in [1.54, 1.807) is 0 Å². The van der Waals surface area contributed by atoms with Gasteiger partial charge in [-0.05, 0) is 34.7 Å². The van der Waals surface area contributed by atoms with Crippen LogP contribution in [-0.2, 0) is 18.0 Å². The average Bonchev–Trinajstić information content (AvgIpc) is 2.89. The molecule has 0 saturated carbocycles. The van der Waals surface area contributed by atoms with Gasteiger partial charge in [0.2, 0.25) is 0 Å². The first-order valence-corrected chi connectivity index (χ1v) is 6.50. The van der Waals surface area contributed by atoms with E-state index in [0.717, 1.165) is 6.61 Å². The van der Waals surface area contributed by atoms with Gasteiger partial charge in [0.25, 0.3) is 0 Å². The number of nitrogens with one attached hydrogen (secondary N) is 1. The molecule has 0 bridgehead atoms. The molecule has 3 nitrogen and oxygen atoms in total. The Morgan fingerprint density at radius 2 is 1.89 bits per heavy atom. The quantitative estimate of drug-likeness (QED) is 0.653. The van der Waals surface area contributed by atoms with E-state index in [4.69, 9.17) is 10.6 Å². The fourth-order valence-electron chi connectivity index (χ4n) is 2.65. The number of hydrogen-bond donors (Lipinski definition) is 2. The van der Waals surface area contributed by atoms with Crippen molar-refractivity contribution in [3.8, 4) is 0 Å². The number of aryl methyl sites for hydroxylation is 1. The van der Waals surface area contributed by atoms with Crippen LogP contribution in [0.3, 0.4) is 0 Å². The third kappa shape index (κ3) is 2.28. The molecule has 1 heterocycles. The molecule has 3 rings (SSSR count). The number of rotatable bonds is 3. The predicted octanol–water partition coefficient (Wildman–Crippen LogP) is 2.58. The lowest BCUT2D eigenvalue weighted by atomic mass is 9.93. The van der Waals surface area contributed by atoms with E-state index in [-0.39, 0.29) is 6.04 Å². The molecule has 98 valence electrons. The minimum Gasteiger partial charge on any atom is -0.372 e. The normalized spacial score (nSPS) is 15.3. The molecule has 3 N–H and O–H groups in total. The van der Waals surface area contributed by atoms with Gasteiger partial charge >= 0.3 is 0 Å². The lowest BCUT2D eigenvalue weighted by Gasteiger charge is -2.19. The highest BCUT2D eigenvalue weighted by atomic mass is 16.5. The zero-order valence-corrected chi connectivity index (χ0v) is 11.0. The molecule has 1 unspecified atom stereocenters. The van der Waals surface area contributed by atoms with Crippen molar-refractivity contribution in [1.82, 2.24) is 5.43 Å². The Bertz CT molecular complexity index is 595. The monoisotopic (exact) mass is 254 g/mol. The van der Waals surface area contributed by atoms with Gasteiger partial charge < -0.3 is 4.74 Å². The van der Waals surface area contributed by atoms with E-state index in [1.165, 1.54) is 27.8 Å². The number of hydrogen-bond acceptors (Lipinski definition) is 3. The lowest BCUT2D eigenvalue weighted by molar-refractivity contribution is 0.134. The van der Waals surface area contributed by atoms with E-state index in [2.05, 4.69) is 42.7 Å². The molecule has 0 radical (unpaired) electrons. The smallest absolute Gasteiger partial charge is 0.0725 e. The summed E-state index contributed by atoms with van der Waals surface area (Å²) in [5, 5.41) is 0. The Labute approximate surface area is 113 Å². The Kier molecular flexibility index (Phi) is 3.34. The van der Waals surface area contributed by atoms with Crippen molar-refractivity contribution in [2.75, 3.05) is 0 Å². The summed E-state index contributed by atoms with van der Waals surface area (Å²) in [4.78, 5) is 0. The molecule has 3 heteroatoms. The highest BCUT2D eigenvalue weighted by molar-refractivity contribution is 5.41. The van der Waals surface area contributed by atoms with Crippen LogP contribution in [0.25, 0.3) is 0 Å². The zero-order chi connectivity index (χ0) is 13.2. The molecule has 0 spiro atoms. The second-order valence-corrected chi connectivity index (χ2v) is 4.98. The van der Waals surface area contributed by atoms with Gasteiger partial charge in [-0.2, -0.15) is 0 Å². The van der Waals surface area contributed by atoms with Crippen LogP contribution in [0.2, 0.25) is 0 Å². The molecule has 2 aromatic rings. The first-order chi connectivity index (χ1) is 9.29. The van der Waals surface area contributed by atoms with Crippen molar-refractivity contribution < 1.29 is 4.74 Å². The van der Waals surface area contributed by atoms with Crippen LogP contribution in [0.15, 0.2) is 42.5 Å². The molecule has 0 fully saturated rings. The minimum atomic E-state index is 0.0205. The number of fused-ring (bicyclic) bond motifs is 1. The van der Waals surface area contributed by atoms with Crippen molar-refractivity contribution in [2.45, 2.75) is 26.2 Å². The first-order valence-electron chi connectivity index (χ1n) is 6.50. The largest absolute Gasteiger partial charge is 0.372 e. The van der Waals surface area contributed by atoms with Gasteiger partial charge in [0, 0.05) is 0 Å².